The second kappa shape index (κ2) is 32.8. The van der Waals surface area contributed by atoms with Crippen LogP contribution in [0.4, 0.5) is 51.2 Å². The molecule has 0 spiro atoms. The summed E-state index contributed by atoms with van der Waals surface area (Å²) in [6, 6.07) is 163. The first-order valence-corrected chi connectivity index (χ1v) is 48.3. The molecule has 0 aliphatic carbocycles. The van der Waals surface area contributed by atoms with Gasteiger partial charge in [0.05, 0.1) is 33.4 Å². The van der Waals surface area contributed by atoms with E-state index >= 15 is 0 Å². The molecule has 15 heteroatoms. The van der Waals surface area contributed by atoms with Crippen molar-refractivity contribution in [2.24, 2.45) is 0 Å². The second-order valence-corrected chi connectivity index (χ2v) is 37.5. The van der Waals surface area contributed by atoms with Crippen molar-refractivity contribution in [1.29, 1.82) is 0 Å². The molecule has 5 aromatic heterocycles. The van der Waals surface area contributed by atoms with Gasteiger partial charge in [-0.05, 0) is 191 Å². The van der Waals surface area contributed by atoms with E-state index in [9.17, 15) is 0 Å². The number of hydrogen-bond donors (Lipinski definition) is 0. The van der Waals surface area contributed by atoms with Crippen LogP contribution in [-0.4, -0.2) is 9.13 Å². The number of thiophene rings is 2. The summed E-state index contributed by atoms with van der Waals surface area (Å²) < 4.78 is 54.6. The average Bonchev–Trinajstić information content (AvgIpc) is 1.53. The van der Waals surface area contributed by atoms with Crippen molar-refractivity contribution in [2.75, 3.05) is 14.7 Å². The van der Waals surface area contributed by atoms with E-state index in [2.05, 4.69) is 376 Å². The van der Waals surface area contributed by atoms with E-state index in [0.29, 0.717) is 23.0 Å². The topological polar surface area (TPSA) is 88.1 Å². The van der Waals surface area contributed by atoms with Gasteiger partial charge in [-0.25, -0.2) is 5.56 Å². The molecule has 10 heterocycles. The number of furan rings is 1. The van der Waals surface area contributed by atoms with E-state index in [1.165, 1.54) is 57.0 Å². The Bertz CT molecular complexity index is 9630. The van der Waals surface area contributed by atoms with E-state index in [-0.39, 0.29) is 21.1 Å². The predicted octanol–water partition coefficient (Wildman–Crippen LogP) is 36.7. The molecule has 0 saturated carbocycles. The van der Waals surface area contributed by atoms with Crippen molar-refractivity contribution >= 4 is 180 Å². The molecule has 21 aromatic carbocycles. The zero-order valence-electron chi connectivity index (χ0n) is 74.9. The van der Waals surface area contributed by atoms with Gasteiger partial charge in [-0.1, -0.05) is 242 Å². The molecule has 0 radical (unpaired) electrons. The SMILES string of the molecule is [W].[c-]1c2cccc1Oc1[c-]c(c(N(c3cccc(-c4ccccc4)c3)c3cccc4sc5ccccc5c34)cc1)-c1[c-]c(ccc1)O2.c1ccc(-c2cccc(N(c3ccc4c(c3)sc3ccccc34)c3ccc4c5c3c3cccc6c3n5-c3c(cccc3O4)O6)c2)cc1.c1ccc(-c2cccc(N(c3ccc4oc5ccccc5c4c3)c3ccc4c5c3c3cccc6c3n5-c3c(cccc3O4)O6)c2)cc1. The van der Waals surface area contributed by atoms with E-state index < -0.39 is 0 Å². The fraction of sp³-hybridized carbons (Fsp3) is 0. The monoisotopic (exact) mass is 2010 g/mol. The largest absolute Gasteiger partial charge is 0.504 e. The molecule has 0 unspecified atom stereocenters. The first kappa shape index (κ1) is 81.7. The van der Waals surface area contributed by atoms with E-state index in [1.807, 2.05) is 126 Å². The molecule has 12 nitrogen and oxygen atoms in total. The number of para-hydroxylation sites is 5. The third-order valence-electron chi connectivity index (χ3n) is 27.3. The minimum Gasteiger partial charge on any atom is -0.504 e. The summed E-state index contributed by atoms with van der Waals surface area (Å²) in [5.41, 5.74) is 26.0. The molecule has 0 fully saturated rings. The van der Waals surface area contributed by atoms with Crippen LogP contribution in [0, 0.1) is 18.2 Å². The number of fused-ring (bicyclic) bond motifs is 18. The van der Waals surface area contributed by atoms with Gasteiger partial charge in [0.2, 0.25) is 0 Å². The van der Waals surface area contributed by atoms with Crippen LogP contribution in [0.1, 0.15) is 0 Å². The summed E-state index contributed by atoms with van der Waals surface area (Å²) in [4.78, 5) is 7.12. The third-order valence-corrected chi connectivity index (χ3v) is 29.5. The van der Waals surface area contributed by atoms with E-state index in [1.54, 1.807) is 0 Å². The summed E-state index contributed by atoms with van der Waals surface area (Å²) in [5, 5.41) is 11.7. The molecule has 0 N–H and O–H groups in total. The smallest absolute Gasteiger partial charge is 0.155 e. The summed E-state index contributed by atoms with van der Waals surface area (Å²) in [6.45, 7) is 0. The Morgan fingerprint density at radius 1 is 0.213 bits per heavy atom. The fourth-order valence-corrected chi connectivity index (χ4v) is 23.5. The maximum atomic E-state index is 6.59. The number of aromatic nitrogens is 2. The van der Waals surface area contributed by atoms with Gasteiger partial charge in [-0.3, -0.25) is 9.13 Å². The minimum atomic E-state index is 0. The zero-order valence-corrected chi connectivity index (χ0v) is 79.5. The molecule has 0 saturated heterocycles. The number of ether oxygens (including phenoxy) is 6. The maximum Gasteiger partial charge on any atom is 0.155 e. The van der Waals surface area contributed by atoms with Crippen LogP contribution >= 0.6 is 22.7 Å². The maximum absolute atomic E-state index is 6.59. The number of benzene rings is 21. The van der Waals surface area contributed by atoms with Crippen LogP contribution in [0.25, 0.3) is 162 Å². The van der Waals surface area contributed by atoms with Crippen molar-refractivity contribution < 1.29 is 53.9 Å². The summed E-state index contributed by atoms with van der Waals surface area (Å²) >= 11 is 3.66. The summed E-state index contributed by atoms with van der Waals surface area (Å²) in [5.74, 6) is 8.87. The molecule has 5 aliphatic heterocycles. The quantitative estimate of drug-likeness (QED) is 0.110. The predicted molar refractivity (Wildman–Crippen MR) is 570 cm³/mol. The normalized spacial score (nSPS) is 12.3. The number of rotatable bonds is 12. The Morgan fingerprint density at radius 2 is 0.603 bits per heavy atom. The van der Waals surface area contributed by atoms with Gasteiger partial charge in [0.1, 0.15) is 22.5 Å². The van der Waals surface area contributed by atoms with Gasteiger partial charge in [0.25, 0.3) is 0 Å². The van der Waals surface area contributed by atoms with Crippen LogP contribution in [0.5, 0.6) is 69.0 Å². The second-order valence-electron chi connectivity index (χ2n) is 35.4. The molecular weight excluding hydrogens is 1940 g/mol. The summed E-state index contributed by atoms with van der Waals surface area (Å²) in [6.07, 6.45) is 0. The van der Waals surface area contributed by atoms with Crippen LogP contribution in [-0.2, 0) is 21.1 Å². The van der Waals surface area contributed by atoms with Gasteiger partial charge >= 0.3 is 0 Å². The number of anilines is 9. The molecule has 6 bridgehead atoms. The Hall–Kier alpha value is -17.7. The van der Waals surface area contributed by atoms with Crippen molar-refractivity contribution in [3.63, 3.8) is 0 Å². The van der Waals surface area contributed by atoms with Crippen LogP contribution in [0.2, 0.25) is 0 Å². The Morgan fingerprint density at radius 3 is 1.18 bits per heavy atom. The average molecular weight is 2020 g/mol. The third kappa shape index (κ3) is 13.3. The molecule has 664 valence electrons. The standard InChI is InChI=1S/C42H24N2O3.C42H24N2O2S.C42H24NO2S.W/c1-2-9-25(10-3-1)26-11-6-12-27(23-26)43(28-19-21-34-31(24-28)29-13-4-5-15-33(29)45-34)32-20-22-38-42-39(32)30-14-7-16-35-40(30)44(42)41-36(46-35)17-8-18-37(41)47-38;1-2-9-25(10-3-1)26-11-6-12-27(23-26)43(28-19-20-30-29-13-4-5-18-37(29)47-38(30)24-28)32-21-22-36-42-39(32)31-14-7-15-33-40(31)44(42)41-34(45-33)16-8-17-35(41)46-36;1-2-10-28(11-3-1)29-12-6-14-31(24-29)43(39-19-9-21-41-42(39)36-18-4-5-20-40(36)46-41)38-23-22-35-27-37(38)30-13-7-15-32(25-30)44-33-16-8-17-34(26-33)45-35;/h2*1-24H;1-24H;/q;;-3;. The fourth-order valence-electron chi connectivity index (χ4n) is 21.3. The van der Waals surface area contributed by atoms with Gasteiger partial charge in [-0.15, -0.1) is 65.1 Å². The Kier molecular flexibility index (Phi) is 19.0. The molecule has 141 heavy (non-hydrogen) atoms. The van der Waals surface area contributed by atoms with Crippen molar-refractivity contribution in [2.45, 2.75) is 0 Å². The van der Waals surface area contributed by atoms with Crippen LogP contribution in [0.3, 0.4) is 0 Å². The molecule has 0 atom stereocenters. The number of hydrogen-bond acceptors (Lipinski definition) is 12. The Balaban J connectivity index is 0.000000103. The first-order chi connectivity index (χ1) is 69.4. The van der Waals surface area contributed by atoms with Crippen molar-refractivity contribution in [1.82, 2.24) is 9.13 Å². The zero-order chi connectivity index (χ0) is 91.7. The molecule has 31 rings (SSSR count). The summed E-state index contributed by atoms with van der Waals surface area (Å²) in [7, 11) is 0. The van der Waals surface area contributed by atoms with Crippen LogP contribution in [0.15, 0.2) is 441 Å². The van der Waals surface area contributed by atoms with Gasteiger partial charge in [-0.2, -0.15) is 23.8 Å². The van der Waals surface area contributed by atoms with Gasteiger partial charge < -0.3 is 47.5 Å². The van der Waals surface area contributed by atoms with Crippen molar-refractivity contribution in [3.8, 4) is 125 Å². The molecule has 5 aliphatic rings. The van der Waals surface area contributed by atoms with E-state index in [4.69, 9.17) is 32.8 Å². The van der Waals surface area contributed by atoms with Crippen molar-refractivity contribution in [3.05, 3.63) is 455 Å². The molecular formula is C126H72N5O7S2W-3. The Labute approximate surface area is 830 Å². The van der Waals surface area contributed by atoms with E-state index in [0.717, 1.165) is 202 Å². The van der Waals surface area contributed by atoms with Gasteiger partial charge in [0, 0.05) is 151 Å². The number of nitrogens with zero attached hydrogens (tertiary/aromatic N) is 5. The minimum absolute atomic E-state index is 0. The molecule has 0 amide bonds. The van der Waals surface area contributed by atoms with Gasteiger partial charge in [0.15, 0.2) is 46.0 Å². The van der Waals surface area contributed by atoms with Crippen LogP contribution < -0.4 is 43.1 Å². The molecule has 26 aromatic rings. The first-order valence-electron chi connectivity index (χ1n) is 46.6.